The summed E-state index contributed by atoms with van der Waals surface area (Å²) >= 11 is 0. The Morgan fingerprint density at radius 1 is 1.22 bits per heavy atom. The number of pyridine rings is 1. The van der Waals surface area contributed by atoms with Crippen LogP contribution in [-0.2, 0) is 11.2 Å². The predicted molar refractivity (Wildman–Crippen MR) is 84.5 cm³/mol. The van der Waals surface area contributed by atoms with Gasteiger partial charge in [-0.1, -0.05) is 18.2 Å². The molecule has 1 aromatic heterocycles. The van der Waals surface area contributed by atoms with E-state index in [0.29, 0.717) is 12.0 Å². The van der Waals surface area contributed by atoms with E-state index in [4.69, 9.17) is 0 Å². The van der Waals surface area contributed by atoms with Crippen LogP contribution in [0.1, 0.15) is 30.0 Å². The predicted octanol–water partition coefficient (Wildman–Crippen LogP) is 1.83. The molecule has 23 heavy (non-hydrogen) atoms. The molecule has 2 aromatic rings. The number of amides is 1. The molecule has 0 aliphatic carbocycles. The number of rotatable bonds is 5. The summed E-state index contributed by atoms with van der Waals surface area (Å²) in [6, 6.07) is 10.6. The van der Waals surface area contributed by atoms with Crippen molar-refractivity contribution in [3.05, 3.63) is 65.7 Å². The van der Waals surface area contributed by atoms with E-state index in [9.17, 15) is 9.18 Å². The molecular formula is C17H19FN4O. The Balaban J connectivity index is 1.47. The van der Waals surface area contributed by atoms with Gasteiger partial charge in [0.25, 0.3) is 0 Å². The lowest BCUT2D eigenvalue weighted by molar-refractivity contribution is -0.121. The fraction of sp³-hybridized carbons (Fsp3) is 0.294. The van der Waals surface area contributed by atoms with Gasteiger partial charge in [0.1, 0.15) is 5.82 Å². The van der Waals surface area contributed by atoms with Gasteiger partial charge in [-0.15, -0.1) is 0 Å². The summed E-state index contributed by atoms with van der Waals surface area (Å²) in [6.07, 6.45) is 4.76. The van der Waals surface area contributed by atoms with E-state index in [0.717, 1.165) is 12.0 Å². The van der Waals surface area contributed by atoms with Crippen molar-refractivity contribution in [2.75, 3.05) is 0 Å². The molecule has 3 N–H and O–H groups in total. The second-order valence-electron chi connectivity index (χ2n) is 5.57. The largest absolute Gasteiger partial charge is 0.339 e. The van der Waals surface area contributed by atoms with Crippen molar-refractivity contribution in [3.63, 3.8) is 0 Å². The van der Waals surface area contributed by atoms with Gasteiger partial charge >= 0.3 is 0 Å². The molecule has 1 aliphatic rings. The van der Waals surface area contributed by atoms with Crippen molar-refractivity contribution >= 4 is 5.91 Å². The minimum atomic E-state index is -0.265. The van der Waals surface area contributed by atoms with E-state index in [-0.39, 0.29) is 30.4 Å². The third-order valence-electron chi connectivity index (χ3n) is 3.93. The maximum Gasteiger partial charge on any atom is 0.221 e. The zero-order chi connectivity index (χ0) is 16.1. The van der Waals surface area contributed by atoms with Crippen LogP contribution in [0.5, 0.6) is 0 Å². The number of halogens is 1. The van der Waals surface area contributed by atoms with Crippen molar-refractivity contribution in [2.45, 2.75) is 31.5 Å². The fourth-order valence-corrected chi connectivity index (χ4v) is 2.68. The maximum atomic E-state index is 13.5. The topological polar surface area (TPSA) is 66.0 Å². The summed E-state index contributed by atoms with van der Waals surface area (Å²) in [7, 11) is 0. The zero-order valence-corrected chi connectivity index (χ0v) is 12.6. The van der Waals surface area contributed by atoms with Crippen LogP contribution in [0.15, 0.2) is 48.8 Å². The first-order valence-corrected chi connectivity index (χ1v) is 7.66. The van der Waals surface area contributed by atoms with Crippen LogP contribution in [0.4, 0.5) is 4.39 Å². The van der Waals surface area contributed by atoms with Gasteiger partial charge in [0.15, 0.2) is 0 Å². The van der Waals surface area contributed by atoms with Crippen LogP contribution in [-0.4, -0.2) is 17.1 Å². The summed E-state index contributed by atoms with van der Waals surface area (Å²) < 4.78 is 13.5. The Morgan fingerprint density at radius 3 is 2.78 bits per heavy atom. The lowest BCUT2D eigenvalue weighted by Gasteiger charge is -2.12. The molecule has 0 bridgehead atoms. The van der Waals surface area contributed by atoms with Crippen molar-refractivity contribution in [2.24, 2.45) is 0 Å². The Morgan fingerprint density at radius 2 is 2.00 bits per heavy atom. The van der Waals surface area contributed by atoms with Gasteiger partial charge in [-0.25, -0.2) is 15.2 Å². The lowest BCUT2D eigenvalue weighted by atomic mass is 10.1. The number of aromatic nitrogens is 1. The Kier molecular flexibility index (Phi) is 4.95. The molecular weight excluding hydrogens is 295 g/mol. The SMILES string of the molecule is O=C(CCc1ccccc1F)NC1CC(c2ccncc2)NN1. The number of hydrogen-bond donors (Lipinski definition) is 3. The molecule has 2 heterocycles. The fourth-order valence-electron chi connectivity index (χ4n) is 2.68. The molecule has 2 unspecified atom stereocenters. The first-order chi connectivity index (χ1) is 11.2. The van der Waals surface area contributed by atoms with Gasteiger partial charge in [0.05, 0.1) is 6.17 Å². The summed E-state index contributed by atoms with van der Waals surface area (Å²) in [5.41, 5.74) is 7.91. The smallest absolute Gasteiger partial charge is 0.221 e. The molecule has 1 fully saturated rings. The minimum absolute atomic E-state index is 0.0945. The Labute approximate surface area is 134 Å². The summed E-state index contributed by atoms with van der Waals surface area (Å²) in [4.78, 5) is 16.0. The van der Waals surface area contributed by atoms with Gasteiger partial charge in [-0.3, -0.25) is 9.78 Å². The third-order valence-corrected chi connectivity index (χ3v) is 3.93. The third kappa shape index (κ3) is 4.12. The minimum Gasteiger partial charge on any atom is -0.339 e. The number of carbonyl (C=O) groups is 1. The highest BCUT2D eigenvalue weighted by atomic mass is 19.1. The number of hydrazine groups is 1. The first kappa shape index (κ1) is 15.6. The standard InChI is InChI=1S/C17H19FN4O/c18-14-4-2-1-3-12(14)5-6-17(23)20-16-11-15(21-22-16)13-7-9-19-10-8-13/h1-4,7-10,15-16,21-22H,5-6,11H2,(H,20,23). The molecule has 1 aliphatic heterocycles. The molecule has 0 saturated carbocycles. The number of benzene rings is 1. The molecule has 1 aromatic carbocycles. The van der Waals surface area contributed by atoms with Crippen molar-refractivity contribution < 1.29 is 9.18 Å². The van der Waals surface area contributed by atoms with Crippen LogP contribution >= 0.6 is 0 Å². The molecule has 0 radical (unpaired) electrons. The van der Waals surface area contributed by atoms with Gasteiger partial charge in [0.2, 0.25) is 5.91 Å². The van der Waals surface area contributed by atoms with E-state index in [1.165, 1.54) is 6.07 Å². The highest BCUT2D eigenvalue weighted by Crippen LogP contribution is 2.20. The monoisotopic (exact) mass is 314 g/mol. The van der Waals surface area contributed by atoms with Crippen molar-refractivity contribution in [3.8, 4) is 0 Å². The number of nitrogens with one attached hydrogen (secondary N) is 3. The Hall–Kier alpha value is -2.31. The maximum absolute atomic E-state index is 13.5. The Bertz CT molecular complexity index is 665. The molecule has 0 spiro atoms. The van der Waals surface area contributed by atoms with E-state index in [1.807, 2.05) is 12.1 Å². The first-order valence-electron chi connectivity index (χ1n) is 7.66. The summed E-state index contributed by atoms with van der Waals surface area (Å²) in [5, 5.41) is 2.92. The van der Waals surface area contributed by atoms with E-state index < -0.39 is 0 Å². The van der Waals surface area contributed by atoms with Crippen LogP contribution in [0.2, 0.25) is 0 Å². The average molecular weight is 314 g/mol. The quantitative estimate of drug-likeness (QED) is 0.788. The van der Waals surface area contributed by atoms with Gasteiger partial charge in [-0.05, 0) is 35.7 Å². The number of nitrogens with zero attached hydrogens (tertiary/aromatic N) is 1. The summed E-state index contributed by atoms with van der Waals surface area (Å²) in [5.74, 6) is -0.360. The van der Waals surface area contributed by atoms with Crippen LogP contribution < -0.4 is 16.2 Å². The molecule has 2 atom stereocenters. The highest BCUT2D eigenvalue weighted by molar-refractivity contribution is 5.76. The number of carbonyl (C=O) groups excluding carboxylic acids is 1. The van der Waals surface area contributed by atoms with E-state index in [2.05, 4.69) is 21.2 Å². The van der Waals surface area contributed by atoms with Crippen molar-refractivity contribution in [1.82, 2.24) is 21.2 Å². The normalized spacial score (nSPS) is 20.4. The molecule has 1 saturated heterocycles. The average Bonchev–Trinajstić information content (AvgIpc) is 3.03. The second kappa shape index (κ2) is 7.30. The lowest BCUT2D eigenvalue weighted by Crippen LogP contribution is -2.44. The zero-order valence-electron chi connectivity index (χ0n) is 12.6. The van der Waals surface area contributed by atoms with Crippen LogP contribution in [0, 0.1) is 5.82 Å². The van der Waals surface area contributed by atoms with Crippen LogP contribution in [0.3, 0.4) is 0 Å². The highest BCUT2D eigenvalue weighted by Gasteiger charge is 2.25. The second-order valence-corrected chi connectivity index (χ2v) is 5.57. The molecule has 3 rings (SSSR count). The summed E-state index contributed by atoms with van der Waals surface area (Å²) in [6.45, 7) is 0. The van der Waals surface area contributed by atoms with E-state index in [1.54, 1.807) is 30.6 Å². The molecule has 1 amide bonds. The number of hydrogen-bond acceptors (Lipinski definition) is 4. The van der Waals surface area contributed by atoms with Crippen LogP contribution in [0.25, 0.3) is 0 Å². The van der Waals surface area contributed by atoms with Gasteiger partial charge in [0, 0.05) is 31.3 Å². The van der Waals surface area contributed by atoms with Gasteiger partial charge in [-0.2, -0.15) is 0 Å². The van der Waals surface area contributed by atoms with E-state index >= 15 is 0 Å². The molecule has 120 valence electrons. The molecule has 5 nitrogen and oxygen atoms in total. The van der Waals surface area contributed by atoms with Crippen molar-refractivity contribution in [1.29, 1.82) is 0 Å². The van der Waals surface area contributed by atoms with Gasteiger partial charge < -0.3 is 5.32 Å². The molecule has 6 heteroatoms. The number of aryl methyl sites for hydroxylation is 1.